The van der Waals surface area contributed by atoms with Gasteiger partial charge in [0, 0.05) is 21.7 Å². The van der Waals surface area contributed by atoms with Crippen LogP contribution >= 0.6 is 23.1 Å². The third-order valence-corrected chi connectivity index (χ3v) is 5.90. The van der Waals surface area contributed by atoms with E-state index in [0.29, 0.717) is 0 Å². The Morgan fingerprint density at radius 3 is 3.05 bits per heavy atom. The van der Waals surface area contributed by atoms with E-state index in [2.05, 4.69) is 23.3 Å². The molecule has 1 aliphatic rings. The van der Waals surface area contributed by atoms with E-state index in [1.54, 1.807) is 12.3 Å². The number of hydrogen-bond donors (Lipinski definition) is 1. The van der Waals surface area contributed by atoms with E-state index in [1.165, 1.54) is 27.3 Å². The van der Waals surface area contributed by atoms with Crippen LogP contribution in [-0.4, -0.2) is 17.3 Å². The Balaban J connectivity index is 1.93. The van der Waals surface area contributed by atoms with Crippen molar-refractivity contribution in [2.24, 2.45) is 0 Å². The predicted octanol–water partition coefficient (Wildman–Crippen LogP) is 4.16. The molecule has 1 unspecified atom stereocenters. The highest BCUT2D eigenvalue weighted by Crippen LogP contribution is 2.36. The van der Waals surface area contributed by atoms with Gasteiger partial charge in [0.1, 0.15) is 5.82 Å². The van der Waals surface area contributed by atoms with Crippen LogP contribution in [0.2, 0.25) is 0 Å². The third kappa shape index (κ3) is 3.47. The van der Waals surface area contributed by atoms with E-state index in [0.717, 1.165) is 30.7 Å². The van der Waals surface area contributed by atoms with Gasteiger partial charge in [-0.05, 0) is 48.4 Å². The number of rotatable bonds is 5. The molecule has 0 aliphatic carbocycles. The molecule has 1 aliphatic heterocycles. The maximum atomic E-state index is 13.5. The van der Waals surface area contributed by atoms with Gasteiger partial charge in [-0.1, -0.05) is 6.92 Å². The van der Waals surface area contributed by atoms with E-state index in [1.807, 2.05) is 23.1 Å². The summed E-state index contributed by atoms with van der Waals surface area (Å²) < 4.78 is 13.5. The highest BCUT2D eigenvalue weighted by molar-refractivity contribution is 7.98. The molecule has 0 saturated carbocycles. The summed E-state index contributed by atoms with van der Waals surface area (Å²) in [5, 5.41) is 3.54. The highest BCUT2D eigenvalue weighted by atomic mass is 32.2. The maximum Gasteiger partial charge on any atom is 0.141 e. The average molecular weight is 322 g/mol. The summed E-state index contributed by atoms with van der Waals surface area (Å²) in [5.74, 6) is 2.04. The number of pyridine rings is 1. The molecule has 1 N–H and O–H groups in total. The molecule has 112 valence electrons. The zero-order valence-electron chi connectivity index (χ0n) is 12.1. The average Bonchev–Trinajstić information content (AvgIpc) is 2.91. The molecule has 0 bridgehead atoms. The van der Waals surface area contributed by atoms with Crippen LogP contribution in [0.15, 0.2) is 24.5 Å². The Morgan fingerprint density at radius 1 is 1.38 bits per heavy atom. The minimum Gasteiger partial charge on any atom is -0.306 e. The van der Waals surface area contributed by atoms with Crippen LogP contribution in [0.3, 0.4) is 0 Å². The molecule has 1 atom stereocenters. The van der Waals surface area contributed by atoms with Crippen molar-refractivity contribution in [3.8, 4) is 0 Å². The number of nitrogens with one attached hydrogen (secondary N) is 1. The normalized spacial score (nSPS) is 15.7. The number of fused-ring (bicyclic) bond motifs is 1. The fourth-order valence-corrected chi connectivity index (χ4v) is 5.05. The molecule has 2 aromatic rings. The topological polar surface area (TPSA) is 24.9 Å². The molecule has 0 spiro atoms. The second kappa shape index (κ2) is 6.90. The smallest absolute Gasteiger partial charge is 0.141 e. The van der Waals surface area contributed by atoms with Gasteiger partial charge in [0.05, 0.1) is 12.2 Å². The van der Waals surface area contributed by atoms with Crippen molar-refractivity contribution in [1.82, 2.24) is 10.3 Å². The fraction of sp³-hybridized carbons (Fsp3) is 0.438. The number of halogens is 1. The molecule has 0 saturated heterocycles. The molecule has 0 radical (unpaired) electrons. The van der Waals surface area contributed by atoms with Gasteiger partial charge in [-0.15, -0.1) is 11.3 Å². The van der Waals surface area contributed by atoms with Gasteiger partial charge < -0.3 is 5.32 Å². The predicted molar refractivity (Wildman–Crippen MR) is 88.5 cm³/mol. The standard InChI is InChI=1S/C16H19FN2S2/c1-2-4-19-16(11-6-13(17)9-18-8-11)15-7-12-10-20-5-3-14(12)21-15/h6-9,16,19H,2-5,10H2,1H3. The first-order valence-electron chi connectivity index (χ1n) is 7.31. The van der Waals surface area contributed by atoms with Crippen LogP contribution < -0.4 is 5.32 Å². The summed E-state index contributed by atoms with van der Waals surface area (Å²) in [4.78, 5) is 6.78. The first kappa shape index (κ1) is 15.0. The van der Waals surface area contributed by atoms with Crippen molar-refractivity contribution in [2.45, 2.75) is 31.6 Å². The van der Waals surface area contributed by atoms with Gasteiger partial charge in [0.25, 0.3) is 0 Å². The van der Waals surface area contributed by atoms with Crippen LogP contribution in [0.5, 0.6) is 0 Å². The molecular weight excluding hydrogens is 303 g/mol. The molecular formula is C16H19FN2S2. The minimum absolute atomic E-state index is 0.0498. The number of thiophene rings is 1. The Kier molecular flexibility index (Phi) is 4.93. The SMILES string of the molecule is CCCNC(c1cncc(F)c1)c1cc2c(s1)CCSC2. The maximum absolute atomic E-state index is 13.5. The number of nitrogens with zero attached hydrogens (tertiary/aromatic N) is 1. The lowest BCUT2D eigenvalue weighted by Crippen LogP contribution is -2.22. The lowest BCUT2D eigenvalue weighted by atomic mass is 10.1. The molecule has 3 rings (SSSR count). The van der Waals surface area contributed by atoms with Crippen molar-refractivity contribution in [1.29, 1.82) is 0 Å². The van der Waals surface area contributed by atoms with Crippen molar-refractivity contribution in [3.63, 3.8) is 0 Å². The monoisotopic (exact) mass is 322 g/mol. The number of aromatic nitrogens is 1. The van der Waals surface area contributed by atoms with Gasteiger partial charge in [0.15, 0.2) is 0 Å². The summed E-state index contributed by atoms with van der Waals surface area (Å²) in [5.41, 5.74) is 2.37. The van der Waals surface area contributed by atoms with Crippen LogP contribution in [0.4, 0.5) is 4.39 Å². The molecule has 0 aromatic carbocycles. The number of thioether (sulfide) groups is 1. The Morgan fingerprint density at radius 2 is 2.29 bits per heavy atom. The van der Waals surface area contributed by atoms with Crippen molar-refractivity contribution in [2.75, 3.05) is 12.3 Å². The molecule has 2 aromatic heterocycles. The summed E-state index contributed by atoms with van der Waals surface area (Å²) in [6.07, 6.45) is 5.24. The van der Waals surface area contributed by atoms with Crippen LogP contribution in [0, 0.1) is 5.82 Å². The second-order valence-electron chi connectivity index (χ2n) is 5.22. The Hall–Kier alpha value is -0.910. The number of aryl methyl sites for hydroxylation is 1. The van der Waals surface area contributed by atoms with E-state index >= 15 is 0 Å². The van der Waals surface area contributed by atoms with Crippen molar-refractivity contribution >= 4 is 23.1 Å². The van der Waals surface area contributed by atoms with Crippen LogP contribution in [0.25, 0.3) is 0 Å². The van der Waals surface area contributed by atoms with Gasteiger partial charge in [-0.3, -0.25) is 4.98 Å². The van der Waals surface area contributed by atoms with Crippen molar-refractivity contribution < 1.29 is 4.39 Å². The van der Waals surface area contributed by atoms with E-state index in [-0.39, 0.29) is 11.9 Å². The Bertz CT molecular complexity index is 589. The molecule has 0 fully saturated rings. The molecule has 2 nitrogen and oxygen atoms in total. The highest BCUT2D eigenvalue weighted by Gasteiger charge is 2.21. The summed E-state index contributed by atoms with van der Waals surface area (Å²) in [7, 11) is 0. The second-order valence-corrected chi connectivity index (χ2v) is 7.50. The van der Waals surface area contributed by atoms with E-state index < -0.39 is 0 Å². The quantitative estimate of drug-likeness (QED) is 0.895. The zero-order valence-corrected chi connectivity index (χ0v) is 13.7. The van der Waals surface area contributed by atoms with E-state index in [4.69, 9.17) is 0 Å². The third-order valence-electron chi connectivity index (χ3n) is 3.59. The van der Waals surface area contributed by atoms with Gasteiger partial charge >= 0.3 is 0 Å². The molecule has 0 amide bonds. The minimum atomic E-state index is -0.271. The molecule has 21 heavy (non-hydrogen) atoms. The van der Waals surface area contributed by atoms with Crippen LogP contribution in [0.1, 0.15) is 40.3 Å². The number of hydrogen-bond acceptors (Lipinski definition) is 4. The van der Waals surface area contributed by atoms with Gasteiger partial charge in [-0.25, -0.2) is 4.39 Å². The van der Waals surface area contributed by atoms with Gasteiger partial charge in [0.2, 0.25) is 0 Å². The Labute approximate surface area is 133 Å². The summed E-state index contributed by atoms with van der Waals surface area (Å²) >= 11 is 3.86. The fourth-order valence-electron chi connectivity index (χ4n) is 2.57. The van der Waals surface area contributed by atoms with Crippen LogP contribution in [-0.2, 0) is 12.2 Å². The lowest BCUT2D eigenvalue weighted by Gasteiger charge is -2.17. The molecule has 3 heterocycles. The van der Waals surface area contributed by atoms with Crippen molar-refractivity contribution in [3.05, 3.63) is 51.2 Å². The van der Waals surface area contributed by atoms with E-state index in [9.17, 15) is 4.39 Å². The molecule has 5 heteroatoms. The summed E-state index contributed by atoms with van der Waals surface area (Å²) in [6, 6.07) is 3.94. The lowest BCUT2D eigenvalue weighted by molar-refractivity contribution is 0.585. The van der Waals surface area contributed by atoms with Gasteiger partial charge in [-0.2, -0.15) is 11.8 Å². The first-order chi connectivity index (χ1) is 10.3. The summed E-state index contributed by atoms with van der Waals surface area (Å²) in [6.45, 7) is 3.06. The zero-order chi connectivity index (χ0) is 14.7. The largest absolute Gasteiger partial charge is 0.306 e. The first-order valence-corrected chi connectivity index (χ1v) is 9.28.